The maximum absolute atomic E-state index is 12.6. The molecule has 12 heteroatoms. The quantitative estimate of drug-likeness (QED) is 0.0239. The number of carbonyl (C=O) groups is 3. The topological polar surface area (TPSA) is 172 Å². The number of nitrogens with two attached hydrogens (primary N) is 1. The summed E-state index contributed by atoms with van der Waals surface area (Å²) in [6.45, 7) is 2.58. The van der Waals surface area contributed by atoms with Crippen molar-refractivity contribution < 1.29 is 47.5 Å². The van der Waals surface area contributed by atoms with E-state index >= 15 is 0 Å². The number of aliphatic carboxylic acids is 1. The van der Waals surface area contributed by atoms with Crippen LogP contribution >= 0.6 is 7.82 Å². The lowest BCUT2D eigenvalue weighted by Gasteiger charge is -2.20. The average Bonchev–Trinajstić information content (AvgIpc) is 3.14. The Morgan fingerprint density at radius 1 is 0.593 bits per heavy atom. The van der Waals surface area contributed by atoms with Crippen LogP contribution in [0.15, 0.2) is 72.9 Å². The lowest BCUT2D eigenvalue weighted by molar-refractivity contribution is -0.161. The van der Waals surface area contributed by atoms with E-state index < -0.39 is 51.1 Å². The van der Waals surface area contributed by atoms with Gasteiger partial charge in [0.1, 0.15) is 12.6 Å². The summed E-state index contributed by atoms with van der Waals surface area (Å²) in [6, 6.07) is -1.53. The maximum Gasteiger partial charge on any atom is 0.472 e. The van der Waals surface area contributed by atoms with Crippen molar-refractivity contribution in [2.45, 2.75) is 154 Å². The van der Waals surface area contributed by atoms with E-state index in [-0.39, 0.29) is 19.4 Å². The molecule has 1 unspecified atom stereocenters. The van der Waals surface area contributed by atoms with Gasteiger partial charge in [0.25, 0.3) is 0 Å². The first-order valence-electron chi connectivity index (χ1n) is 20.0. The number of carbonyl (C=O) groups excluding carboxylic acids is 2. The monoisotopic (exact) mass is 779 g/mol. The van der Waals surface area contributed by atoms with Gasteiger partial charge in [-0.25, -0.2) is 4.57 Å². The molecule has 3 atom stereocenters. The van der Waals surface area contributed by atoms with Gasteiger partial charge in [-0.1, -0.05) is 125 Å². The largest absolute Gasteiger partial charge is 0.480 e. The lowest BCUT2D eigenvalue weighted by atomic mass is 10.1. The molecule has 0 aliphatic rings. The minimum absolute atomic E-state index is 0.0763. The van der Waals surface area contributed by atoms with Crippen molar-refractivity contribution in [2.75, 3.05) is 19.8 Å². The molecule has 0 aliphatic heterocycles. The zero-order chi connectivity index (χ0) is 40.0. The third kappa shape index (κ3) is 35.9. The second-order valence-corrected chi connectivity index (χ2v) is 14.5. The predicted octanol–water partition coefficient (Wildman–Crippen LogP) is 10.2. The number of esters is 2. The minimum atomic E-state index is -4.73. The van der Waals surface area contributed by atoms with Gasteiger partial charge < -0.3 is 25.2 Å². The van der Waals surface area contributed by atoms with Crippen LogP contribution in [0.4, 0.5) is 0 Å². The van der Waals surface area contributed by atoms with Gasteiger partial charge in [0.2, 0.25) is 0 Å². The Morgan fingerprint density at radius 2 is 1.06 bits per heavy atom. The van der Waals surface area contributed by atoms with Crippen molar-refractivity contribution in [1.82, 2.24) is 0 Å². The Hall–Kier alpha value is -3.08. The molecule has 0 fully saturated rings. The van der Waals surface area contributed by atoms with E-state index in [0.717, 1.165) is 57.8 Å². The summed E-state index contributed by atoms with van der Waals surface area (Å²) < 4.78 is 32.5. The predicted molar refractivity (Wildman–Crippen MR) is 217 cm³/mol. The van der Waals surface area contributed by atoms with Crippen LogP contribution in [0, 0.1) is 0 Å². The molecular weight excluding hydrogens is 709 g/mol. The fourth-order valence-electron chi connectivity index (χ4n) is 4.80. The number of ether oxygens (including phenoxy) is 2. The molecule has 4 N–H and O–H groups in total. The smallest absolute Gasteiger partial charge is 0.472 e. The third-order valence-corrected chi connectivity index (χ3v) is 8.89. The highest BCUT2D eigenvalue weighted by Crippen LogP contribution is 2.43. The van der Waals surface area contributed by atoms with Gasteiger partial charge >= 0.3 is 25.7 Å². The molecule has 0 spiro atoms. The second-order valence-electron chi connectivity index (χ2n) is 13.0. The molecule has 0 bridgehead atoms. The van der Waals surface area contributed by atoms with Crippen LogP contribution in [-0.4, -0.2) is 59.9 Å². The Morgan fingerprint density at radius 3 is 1.63 bits per heavy atom. The molecule has 0 aromatic heterocycles. The van der Waals surface area contributed by atoms with E-state index in [1.54, 1.807) is 0 Å². The van der Waals surface area contributed by atoms with Crippen molar-refractivity contribution in [2.24, 2.45) is 5.73 Å². The van der Waals surface area contributed by atoms with Crippen molar-refractivity contribution >= 4 is 25.7 Å². The third-order valence-electron chi connectivity index (χ3n) is 7.94. The van der Waals surface area contributed by atoms with Crippen molar-refractivity contribution in [3.8, 4) is 0 Å². The molecule has 0 amide bonds. The maximum atomic E-state index is 12.6. The first kappa shape index (κ1) is 50.9. The molecule has 0 aliphatic carbocycles. The van der Waals surface area contributed by atoms with Crippen LogP contribution in [0.3, 0.4) is 0 Å². The Balaban J connectivity index is 4.56. The van der Waals surface area contributed by atoms with E-state index in [1.807, 2.05) is 12.2 Å². The number of phosphoric ester groups is 1. The molecule has 0 saturated carbocycles. The molecule has 0 rings (SSSR count). The number of carboxylic acids is 1. The number of allylic oxidation sites excluding steroid dienone is 12. The summed E-state index contributed by atoms with van der Waals surface area (Å²) in [5.41, 5.74) is 5.31. The molecule has 11 nitrogen and oxygen atoms in total. The molecule has 0 saturated heterocycles. The number of rotatable bonds is 36. The second kappa shape index (κ2) is 36.9. The van der Waals surface area contributed by atoms with E-state index in [1.165, 1.54) is 38.5 Å². The highest BCUT2D eigenvalue weighted by atomic mass is 31.2. The molecule has 308 valence electrons. The number of unbranched alkanes of at least 4 members (excludes halogenated alkanes) is 10. The number of hydrogen-bond acceptors (Lipinski definition) is 9. The van der Waals surface area contributed by atoms with Gasteiger partial charge in [-0.15, -0.1) is 0 Å². The van der Waals surface area contributed by atoms with Crippen molar-refractivity contribution in [1.29, 1.82) is 0 Å². The van der Waals surface area contributed by atoms with Crippen LogP contribution < -0.4 is 5.73 Å². The van der Waals surface area contributed by atoms with Gasteiger partial charge in [0.15, 0.2) is 6.10 Å². The van der Waals surface area contributed by atoms with Crippen LogP contribution in [0.2, 0.25) is 0 Å². The molecule has 0 aromatic carbocycles. The normalized spacial score (nSPS) is 14.6. The molecule has 0 radical (unpaired) electrons. The zero-order valence-corrected chi connectivity index (χ0v) is 33.9. The summed E-state index contributed by atoms with van der Waals surface area (Å²) in [7, 11) is -4.73. The van der Waals surface area contributed by atoms with Gasteiger partial charge in [-0.2, -0.15) is 0 Å². The summed E-state index contributed by atoms with van der Waals surface area (Å²) in [4.78, 5) is 45.8. The SMILES string of the molecule is CC/C=C/C/C=C/C/C=C/C/C=C/C/C=C/CCCC(=O)O[C@H](COC(=O)CCCCC/C=C/CCCCCCCC)COP(=O)(O)OC[C@H](N)C(=O)O. The van der Waals surface area contributed by atoms with Crippen molar-refractivity contribution in [3.05, 3.63) is 72.9 Å². The highest BCUT2D eigenvalue weighted by molar-refractivity contribution is 7.47. The average molecular weight is 780 g/mol. The molecule has 0 heterocycles. The van der Waals surface area contributed by atoms with E-state index in [4.69, 9.17) is 24.8 Å². The zero-order valence-electron chi connectivity index (χ0n) is 33.0. The first-order chi connectivity index (χ1) is 26.1. The van der Waals surface area contributed by atoms with Gasteiger partial charge in [-0.3, -0.25) is 23.4 Å². The van der Waals surface area contributed by atoms with E-state index in [9.17, 15) is 23.8 Å². The van der Waals surface area contributed by atoms with Gasteiger partial charge in [0, 0.05) is 12.8 Å². The van der Waals surface area contributed by atoms with Gasteiger partial charge in [0.05, 0.1) is 13.2 Å². The summed E-state index contributed by atoms with van der Waals surface area (Å²) >= 11 is 0. The number of carboxylic acid groups (broad SMARTS) is 1. The highest BCUT2D eigenvalue weighted by Gasteiger charge is 2.28. The molecule has 54 heavy (non-hydrogen) atoms. The standard InChI is InChI=1S/C42H70NO10P/c1-3-5-7-9-11-13-15-17-18-19-20-22-24-26-28-30-32-34-41(45)53-38(36-51-54(48,49)52-37-39(43)42(46)47)35-50-40(44)33-31-29-27-25-23-21-16-14-12-10-8-6-4-2/h5,7,11,13,17-18,20-23,26,28,38-39H,3-4,6,8-10,12,14-16,19,24-25,27,29-37,43H2,1-2H3,(H,46,47)(H,48,49)/b7-5+,13-11+,18-17+,22-20+,23-21+,28-26+/t38-,39+/m1/s1. The summed E-state index contributed by atoms with van der Waals surface area (Å²) in [5, 5.41) is 8.87. The van der Waals surface area contributed by atoms with E-state index in [0.29, 0.717) is 19.3 Å². The Bertz CT molecular complexity index is 1190. The van der Waals surface area contributed by atoms with Crippen molar-refractivity contribution in [3.63, 3.8) is 0 Å². The molecule has 0 aromatic rings. The lowest BCUT2D eigenvalue weighted by Crippen LogP contribution is -2.34. The van der Waals surface area contributed by atoms with Gasteiger partial charge in [-0.05, 0) is 77.0 Å². The summed E-state index contributed by atoms with van der Waals surface area (Å²) in [6.07, 6.45) is 42.7. The van der Waals surface area contributed by atoms with E-state index in [2.05, 4.69) is 79.1 Å². The van der Waals surface area contributed by atoms with Crippen LogP contribution in [0.1, 0.15) is 142 Å². The summed E-state index contributed by atoms with van der Waals surface area (Å²) in [5.74, 6) is -2.49. The molecular formula is C42H70NO10P. The number of hydrogen-bond donors (Lipinski definition) is 3. The number of phosphoric acid groups is 1. The Kier molecular flexibility index (Phi) is 34.8. The minimum Gasteiger partial charge on any atom is -0.480 e. The Labute approximate surface area is 325 Å². The van der Waals surface area contributed by atoms with Crippen LogP contribution in [-0.2, 0) is 37.5 Å². The fourth-order valence-corrected chi connectivity index (χ4v) is 5.58. The fraction of sp³-hybridized carbons (Fsp3) is 0.643. The first-order valence-corrected chi connectivity index (χ1v) is 21.5. The van der Waals surface area contributed by atoms with Crippen LogP contribution in [0.5, 0.6) is 0 Å². The van der Waals surface area contributed by atoms with Crippen LogP contribution in [0.25, 0.3) is 0 Å².